The normalized spacial score (nSPS) is 23.6. The summed E-state index contributed by atoms with van der Waals surface area (Å²) in [4.78, 5) is 59.8. The highest BCUT2D eigenvalue weighted by Crippen LogP contribution is 2.66. The molecule has 1 fully saturated rings. The molecule has 16 nitrogen and oxygen atoms in total. The van der Waals surface area contributed by atoms with Gasteiger partial charge in [0, 0.05) is 35.6 Å². The number of anilines is 1. The van der Waals surface area contributed by atoms with Gasteiger partial charge in [-0.25, -0.2) is 23.3 Å². The van der Waals surface area contributed by atoms with Gasteiger partial charge in [0.05, 0.1) is 6.61 Å². The number of rotatable bonds is 9. The Morgan fingerprint density at radius 1 is 1.14 bits per heavy atom. The van der Waals surface area contributed by atoms with Crippen LogP contribution in [0.5, 0.6) is 0 Å². The van der Waals surface area contributed by atoms with Crippen LogP contribution in [0.2, 0.25) is 0 Å². The van der Waals surface area contributed by atoms with Gasteiger partial charge in [0.25, 0.3) is 0 Å². The standard InChI is InChI=1S/C16H19BNO15P3/c1-8-4-15(19)30-11-5-9(2-3-10(8)11)18-16(20)31-12-6-14(17)29-13(12)7-28-35(24,25)33-36(26,27)32-34(21,22)23/h2-5,12-14H,6-7H2,1H3,(H,18,20)(H,24,25)(H,26,27)(H2,21,22,23). The Hall–Kier alpha value is -1.87. The fourth-order valence-electron chi connectivity index (χ4n) is 3.18. The summed E-state index contributed by atoms with van der Waals surface area (Å²) >= 11 is 0. The summed E-state index contributed by atoms with van der Waals surface area (Å²) in [5, 5.41) is 3.06. The zero-order valence-electron chi connectivity index (χ0n) is 18.2. The summed E-state index contributed by atoms with van der Waals surface area (Å²) in [5.74, 6) is 0. The Labute approximate surface area is 203 Å². The minimum absolute atomic E-state index is 0.0658. The number of phosphoric ester groups is 1. The first-order valence-corrected chi connectivity index (χ1v) is 14.3. The Morgan fingerprint density at radius 3 is 2.50 bits per heavy atom. The Morgan fingerprint density at radius 2 is 1.83 bits per heavy atom. The lowest BCUT2D eigenvalue weighted by molar-refractivity contribution is -0.00856. The lowest BCUT2D eigenvalue weighted by atomic mass is 9.96. The Bertz CT molecular complexity index is 1340. The van der Waals surface area contributed by atoms with E-state index in [0.29, 0.717) is 10.9 Å². The number of hydrogen-bond donors (Lipinski definition) is 5. The van der Waals surface area contributed by atoms with Crippen LogP contribution in [0.4, 0.5) is 10.5 Å². The molecular formula is C16H19BNO15P3. The number of aryl methyl sites for hydroxylation is 1. The van der Waals surface area contributed by atoms with E-state index in [-0.39, 0.29) is 17.7 Å². The van der Waals surface area contributed by atoms with Crippen molar-refractivity contribution in [1.82, 2.24) is 0 Å². The van der Waals surface area contributed by atoms with Crippen LogP contribution in [0, 0.1) is 6.92 Å². The number of phosphoric acid groups is 3. The van der Waals surface area contributed by atoms with Crippen LogP contribution in [0.15, 0.2) is 33.5 Å². The molecule has 1 saturated heterocycles. The second-order valence-corrected chi connectivity index (χ2v) is 11.8. The van der Waals surface area contributed by atoms with Gasteiger partial charge < -0.3 is 33.5 Å². The number of benzene rings is 1. The smallest absolute Gasteiger partial charge is 0.443 e. The highest BCUT2D eigenvalue weighted by Gasteiger charge is 2.43. The molecule has 5 atom stereocenters. The molecule has 1 aliphatic heterocycles. The van der Waals surface area contributed by atoms with E-state index >= 15 is 0 Å². The van der Waals surface area contributed by atoms with E-state index in [1.165, 1.54) is 18.2 Å². The molecule has 2 aromatic rings. The molecule has 5 N–H and O–H groups in total. The van der Waals surface area contributed by atoms with Crippen molar-refractivity contribution in [3.05, 3.63) is 40.2 Å². The minimum Gasteiger partial charge on any atom is -0.443 e. The summed E-state index contributed by atoms with van der Waals surface area (Å²) < 4.78 is 61.2. The van der Waals surface area contributed by atoms with Gasteiger partial charge in [0.1, 0.15) is 25.6 Å². The van der Waals surface area contributed by atoms with E-state index in [2.05, 4.69) is 18.5 Å². The Balaban J connectivity index is 1.61. The Kier molecular flexibility index (Phi) is 8.66. The van der Waals surface area contributed by atoms with Crippen molar-refractivity contribution in [2.45, 2.75) is 31.6 Å². The summed E-state index contributed by atoms with van der Waals surface area (Å²) in [7, 11) is -11.0. The molecule has 1 aromatic heterocycles. The largest absolute Gasteiger partial charge is 0.490 e. The first-order valence-electron chi connectivity index (χ1n) is 9.73. The van der Waals surface area contributed by atoms with Gasteiger partial charge in [-0.2, -0.15) is 8.62 Å². The number of hydrogen-bond acceptors (Lipinski definition) is 11. The maximum Gasteiger partial charge on any atom is 0.490 e. The summed E-state index contributed by atoms with van der Waals surface area (Å²) in [6.45, 7) is 0.863. The second-order valence-electron chi connectivity index (χ2n) is 7.36. The zero-order valence-corrected chi connectivity index (χ0v) is 20.8. The van der Waals surface area contributed by atoms with Crippen LogP contribution in [0.25, 0.3) is 11.0 Å². The SMILES string of the molecule is [B]C1CC(OC(=O)Nc2ccc3c(C)cc(=O)oc3c2)C(COP(=O)(O)OP(=O)(O)OP(=O)(O)O)O1. The van der Waals surface area contributed by atoms with E-state index in [1.807, 2.05) is 0 Å². The van der Waals surface area contributed by atoms with Crippen molar-refractivity contribution in [3.8, 4) is 0 Å². The molecule has 5 unspecified atom stereocenters. The summed E-state index contributed by atoms with van der Waals surface area (Å²) in [5.41, 5.74) is 0.536. The molecule has 0 spiro atoms. The molecule has 0 bridgehead atoms. The maximum absolute atomic E-state index is 12.4. The van der Waals surface area contributed by atoms with E-state index in [9.17, 15) is 33.1 Å². The van der Waals surface area contributed by atoms with Crippen LogP contribution in [0.3, 0.4) is 0 Å². The molecule has 196 valence electrons. The van der Waals surface area contributed by atoms with Crippen molar-refractivity contribution in [3.63, 3.8) is 0 Å². The minimum atomic E-state index is -5.70. The monoisotopic (exact) mass is 569 g/mol. The van der Waals surface area contributed by atoms with Gasteiger partial charge in [0.2, 0.25) is 0 Å². The highest BCUT2D eigenvalue weighted by atomic mass is 31.3. The maximum atomic E-state index is 12.4. The van der Waals surface area contributed by atoms with Crippen LogP contribution < -0.4 is 10.9 Å². The van der Waals surface area contributed by atoms with Gasteiger partial charge in [-0.05, 0) is 24.6 Å². The van der Waals surface area contributed by atoms with E-state index in [4.69, 9.17) is 31.5 Å². The average Bonchev–Trinajstić information content (AvgIpc) is 3.02. The lowest BCUT2D eigenvalue weighted by Crippen LogP contribution is -2.32. The van der Waals surface area contributed by atoms with E-state index < -0.39 is 60.0 Å². The second kappa shape index (κ2) is 10.9. The van der Waals surface area contributed by atoms with Gasteiger partial charge >= 0.3 is 35.2 Å². The van der Waals surface area contributed by atoms with Gasteiger partial charge in [-0.15, -0.1) is 0 Å². The average molecular weight is 569 g/mol. The topological polar surface area (TPSA) is 238 Å². The summed E-state index contributed by atoms with van der Waals surface area (Å²) in [6, 6.07) is 4.88. The van der Waals surface area contributed by atoms with E-state index in [0.717, 1.165) is 0 Å². The molecule has 2 radical (unpaired) electrons. The number of carbonyl (C=O) groups excluding carboxylic acids is 1. The third-order valence-corrected chi connectivity index (χ3v) is 8.31. The van der Waals surface area contributed by atoms with Gasteiger partial charge in [-0.1, -0.05) is 0 Å². The van der Waals surface area contributed by atoms with Crippen LogP contribution >= 0.6 is 23.5 Å². The highest BCUT2D eigenvalue weighted by molar-refractivity contribution is 7.66. The van der Waals surface area contributed by atoms with Crippen molar-refractivity contribution in [1.29, 1.82) is 0 Å². The van der Waals surface area contributed by atoms with E-state index in [1.54, 1.807) is 13.0 Å². The number of fused-ring (bicyclic) bond motifs is 1. The molecule has 1 amide bonds. The first-order chi connectivity index (χ1) is 16.5. The summed E-state index contributed by atoms with van der Waals surface area (Å²) in [6.07, 6.45) is -3.42. The molecule has 1 aromatic carbocycles. The third-order valence-electron chi connectivity index (χ3n) is 4.50. The number of ether oxygens (including phenoxy) is 2. The fourth-order valence-corrected chi connectivity index (χ4v) is 6.21. The number of amides is 1. The lowest BCUT2D eigenvalue weighted by Gasteiger charge is -2.21. The van der Waals surface area contributed by atoms with Crippen molar-refractivity contribution in [2.24, 2.45) is 0 Å². The molecule has 2 heterocycles. The van der Waals surface area contributed by atoms with Crippen LogP contribution in [0.1, 0.15) is 12.0 Å². The molecule has 36 heavy (non-hydrogen) atoms. The van der Waals surface area contributed by atoms with Gasteiger partial charge in [0.15, 0.2) is 0 Å². The molecule has 0 aliphatic carbocycles. The number of carbonyl (C=O) groups is 1. The van der Waals surface area contributed by atoms with Crippen LogP contribution in [-0.4, -0.2) is 58.3 Å². The molecular weight excluding hydrogens is 550 g/mol. The number of nitrogens with one attached hydrogen (secondary N) is 1. The molecule has 1 aliphatic rings. The van der Waals surface area contributed by atoms with Gasteiger partial charge in [-0.3, -0.25) is 9.84 Å². The quantitative estimate of drug-likeness (QED) is 0.164. The molecule has 3 rings (SSSR count). The van der Waals surface area contributed by atoms with Crippen LogP contribution in [-0.2, 0) is 36.3 Å². The first kappa shape index (κ1) is 28.7. The molecule has 20 heteroatoms. The fraction of sp³-hybridized carbons (Fsp3) is 0.375. The van der Waals surface area contributed by atoms with Crippen molar-refractivity contribution in [2.75, 3.05) is 11.9 Å². The van der Waals surface area contributed by atoms with Crippen molar-refractivity contribution < 1.29 is 65.1 Å². The predicted octanol–water partition coefficient (Wildman–Crippen LogP) is 1.65. The van der Waals surface area contributed by atoms with Crippen molar-refractivity contribution >= 4 is 54.1 Å². The predicted molar refractivity (Wildman–Crippen MR) is 120 cm³/mol. The molecule has 0 saturated carbocycles. The third kappa shape index (κ3) is 8.33. The zero-order chi connectivity index (χ0) is 26.9.